The maximum Gasteiger partial charge on any atom is 0.214 e. The standard InChI is InChI=1S/C19H27N5O2S/c1-5-12(3)27(25,26)23-14-8-11(2)17(9-14)24-13(4)22-16-10-21-19-15(18(16)24)6-7-20-19/h6-7,10-12,14,17,23H,5,8-9H2,1-4H3,(H,20,21)/t11-,12?,14+,17+/m1/s1. The van der Waals surface area contributed by atoms with E-state index in [9.17, 15) is 8.42 Å². The molecule has 4 rings (SSSR count). The van der Waals surface area contributed by atoms with Crippen LogP contribution in [0.15, 0.2) is 18.5 Å². The highest BCUT2D eigenvalue weighted by atomic mass is 32.2. The SMILES string of the molecule is CCC(C)S(=O)(=O)N[C@H]1C[C@@H](C)[C@@H](n2c(C)nc3cnc4[nH]ccc4c32)C1. The van der Waals surface area contributed by atoms with Gasteiger partial charge in [-0.3, -0.25) is 0 Å². The summed E-state index contributed by atoms with van der Waals surface area (Å²) in [4.78, 5) is 12.3. The van der Waals surface area contributed by atoms with Gasteiger partial charge in [0.2, 0.25) is 10.0 Å². The molecule has 0 radical (unpaired) electrons. The summed E-state index contributed by atoms with van der Waals surface area (Å²) in [6, 6.07) is 2.20. The molecule has 0 amide bonds. The first-order valence-corrected chi connectivity index (χ1v) is 11.2. The van der Waals surface area contributed by atoms with Crippen molar-refractivity contribution in [3.05, 3.63) is 24.3 Å². The molecule has 1 fully saturated rings. The Morgan fingerprint density at radius 2 is 2.19 bits per heavy atom. The van der Waals surface area contributed by atoms with Gasteiger partial charge in [-0.25, -0.2) is 23.1 Å². The Balaban J connectivity index is 1.70. The van der Waals surface area contributed by atoms with E-state index in [1.807, 2.05) is 26.1 Å². The summed E-state index contributed by atoms with van der Waals surface area (Å²) in [6.07, 6.45) is 5.92. The highest BCUT2D eigenvalue weighted by molar-refractivity contribution is 7.90. The van der Waals surface area contributed by atoms with Crippen LogP contribution in [0.5, 0.6) is 0 Å². The molecule has 0 aliphatic heterocycles. The lowest BCUT2D eigenvalue weighted by Gasteiger charge is -2.20. The average molecular weight is 390 g/mol. The third-order valence-electron chi connectivity index (χ3n) is 6.02. The summed E-state index contributed by atoms with van der Waals surface area (Å²) in [7, 11) is -3.28. The van der Waals surface area contributed by atoms with E-state index >= 15 is 0 Å². The number of imidazole rings is 1. The van der Waals surface area contributed by atoms with Crippen LogP contribution in [0.2, 0.25) is 0 Å². The summed E-state index contributed by atoms with van der Waals surface area (Å²) in [5, 5.41) is 0.692. The molecule has 0 saturated heterocycles. The van der Waals surface area contributed by atoms with Gasteiger partial charge in [-0.1, -0.05) is 13.8 Å². The van der Waals surface area contributed by atoms with Gasteiger partial charge in [-0.15, -0.1) is 0 Å². The van der Waals surface area contributed by atoms with Crippen molar-refractivity contribution in [1.29, 1.82) is 0 Å². The van der Waals surface area contributed by atoms with Crippen LogP contribution in [-0.2, 0) is 10.0 Å². The highest BCUT2D eigenvalue weighted by Crippen LogP contribution is 2.40. The molecule has 4 atom stereocenters. The molecular weight excluding hydrogens is 362 g/mol. The number of fused-ring (bicyclic) bond motifs is 3. The second-order valence-corrected chi connectivity index (χ2v) is 9.99. The van der Waals surface area contributed by atoms with E-state index < -0.39 is 10.0 Å². The van der Waals surface area contributed by atoms with E-state index in [0.717, 1.165) is 40.7 Å². The fourth-order valence-corrected chi connectivity index (χ4v) is 5.69. The first-order valence-electron chi connectivity index (χ1n) is 9.63. The summed E-state index contributed by atoms with van der Waals surface area (Å²) < 4.78 is 30.2. The van der Waals surface area contributed by atoms with E-state index in [4.69, 9.17) is 4.98 Å². The molecule has 3 aromatic heterocycles. The number of hydrogen-bond acceptors (Lipinski definition) is 4. The molecular formula is C19H27N5O2S. The number of rotatable bonds is 5. The van der Waals surface area contributed by atoms with Crippen LogP contribution in [0.25, 0.3) is 22.1 Å². The van der Waals surface area contributed by atoms with Gasteiger partial charge < -0.3 is 9.55 Å². The number of nitrogens with one attached hydrogen (secondary N) is 2. The van der Waals surface area contributed by atoms with Gasteiger partial charge >= 0.3 is 0 Å². The molecule has 0 spiro atoms. The van der Waals surface area contributed by atoms with Gasteiger partial charge in [0.15, 0.2) is 0 Å². The molecule has 3 aromatic rings. The quantitative estimate of drug-likeness (QED) is 0.700. The van der Waals surface area contributed by atoms with Gasteiger partial charge in [-0.05, 0) is 45.1 Å². The maximum absolute atomic E-state index is 12.5. The molecule has 0 bridgehead atoms. The summed E-state index contributed by atoms with van der Waals surface area (Å²) in [5.41, 5.74) is 2.82. The third-order valence-corrected chi connectivity index (χ3v) is 8.07. The van der Waals surface area contributed by atoms with Crippen molar-refractivity contribution >= 4 is 32.1 Å². The minimum atomic E-state index is -3.28. The molecule has 7 nitrogen and oxygen atoms in total. The predicted molar refractivity (Wildman–Crippen MR) is 107 cm³/mol. The number of sulfonamides is 1. The van der Waals surface area contributed by atoms with Crippen LogP contribution < -0.4 is 4.72 Å². The monoisotopic (exact) mass is 389 g/mol. The molecule has 27 heavy (non-hydrogen) atoms. The molecule has 1 aliphatic rings. The zero-order valence-corrected chi connectivity index (χ0v) is 17.0. The molecule has 1 saturated carbocycles. The number of nitrogens with zero attached hydrogens (tertiary/aromatic N) is 3. The summed E-state index contributed by atoms with van der Waals surface area (Å²) in [5.74, 6) is 1.30. The number of aromatic nitrogens is 4. The Kier molecular flexibility index (Phi) is 4.50. The molecule has 146 valence electrons. The second-order valence-electron chi connectivity index (χ2n) is 7.86. The van der Waals surface area contributed by atoms with Crippen LogP contribution >= 0.6 is 0 Å². The van der Waals surface area contributed by atoms with E-state index in [2.05, 4.69) is 26.2 Å². The fraction of sp³-hybridized carbons (Fsp3) is 0.579. The zero-order valence-electron chi connectivity index (χ0n) is 16.2. The van der Waals surface area contributed by atoms with Crippen LogP contribution in [0, 0.1) is 12.8 Å². The lowest BCUT2D eigenvalue weighted by molar-refractivity contribution is 0.410. The first kappa shape index (κ1) is 18.4. The first-order chi connectivity index (χ1) is 12.8. The van der Waals surface area contributed by atoms with Crippen molar-refractivity contribution in [3.8, 4) is 0 Å². The molecule has 1 unspecified atom stereocenters. The van der Waals surface area contributed by atoms with Crippen molar-refractivity contribution in [2.75, 3.05) is 0 Å². The minimum absolute atomic E-state index is 0.0376. The van der Waals surface area contributed by atoms with E-state index in [-0.39, 0.29) is 17.3 Å². The topological polar surface area (TPSA) is 92.7 Å². The zero-order chi connectivity index (χ0) is 19.3. The molecule has 0 aromatic carbocycles. The Morgan fingerprint density at radius 1 is 1.41 bits per heavy atom. The normalized spacial score (nSPS) is 24.8. The third kappa shape index (κ3) is 3.04. The predicted octanol–water partition coefficient (Wildman–Crippen LogP) is 3.28. The maximum atomic E-state index is 12.5. The van der Waals surface area contributed by atoms with E-state index in [0.29, 0.717) is 12.3 Å². The minimum Gasteiger partial charge on any atom is -0.346 e. The number of aryl methyl sites for hydroxylation is 1. The van der Waals surface area contributed by atoms with Crippen LogP contribution in [0.1, 0.15) is 51.9 Å². The van der Waals surface area contributed by atoms with Crippen molar-refractivity contribution in [3.63, 3.8) is 0 Å². The van der Waals surface area contributed by atoms with Crippen molar-refractivity contribution in [1.82, 2.24) is 24.2 Å². The van der Waals surface area contributed by atoms with Crippen molar-refractivity contribution in [2.24, 2.45) is 5.92 Å². The van der Waals surface area contributed by atoms with Gasteiger partial charge in [0.05, 0.1) is 17.0 Å². The van der Waals surface area contributed by atoms with Gasteiger partial charge in [0, 0.05) is 23.7 Å². The molecule has 1 aliphatic carbocycles. The summed E-state index contributed by atoms with van der Waals surface area (Å²) in [6.45, 7) is 7.88. The smallest absolute Gasteiger partial charge is 0.214 e. The largest absolute Gasteiger partial charge is 0.346 e. The Bertz CT molecular complexity index is 1080. The van der Waals surface area contributed by atoms with E-state index in [1.165, 1.54) is 0 Å². The molecule has 8 heteroatoms. The lowest BCUT2D eigenvalue weighted by atomic mass is 10.1. The van der Waals surface area contributed by atoms with Gasteiger partial charge in [0.25, 0.3) is 0 Å². The number of H-pyrrole nitrogens is 1. The van der Waals surface area contributed by atoms with Crippen molar-refractivity contribution < 1.29 is 8.42 Å². The van der Waals surface area contributed by atoms with Crippen LogP contribution in [0.4, 0.5) is 0 Å². The summed E-state index contributed by atoms with van der Waals surface area (Å²) >= 11 is 0. The number of hydrogen-bond donors (Lipinski definition) is 2. The molecule has 3 heterocycles. The number of pyridine rings is 1. The van der Waals surface area contributed by atoms with Crippen LogP contribution in [-0.4, -0.2) is 39.2 Å². The lowest BCUT2D eigenvalue weighted by Crippen LogP contribution is -2.38. The fourth-order valence-electron chi connectivity index (χ4n) is 4.36. The Hall–Kier alpha value is -1.93. The average Bonchev–Trinajstić information content (AvgIpc) is 3.29. The second kappa shape index (κ2) is 6.60. The highest BCUT2D eigenvalue weighted by Gasteiger charge is 2.37. The van der Waals surface area contributed by atoms with Gasteiger partial charge in [0.1, 0.15) is 17.0 Å². The van der Waals surface area contributed by atoms with Crippen molar-refractivity contribution in [2.45, 2.75) is 64.3 Å². The number of aromatic amines is 1. The molecule has 2 N–H and O–H groups in total. The Morgan fingerprint density at radius 3 is 2.93 bits per heavy atom. The van der Waals surface area contributed by atoms with E-state index in [1.54, 1.807) is 13.1 Å². The van der Waals surface area contributed by atoms with Gasteiger partial charge in [-0.2, -0.15) is 0 Å². The van der Waals surface area contributed by atoms with Crippen LogP contribution in [0.3, 0.4) is 0 Å². The Labute approximate surface area is 159 Å².